The van der Waals surface area contributed by atoms with Crippen LogP contribution in [0.1, 0.15) is 35.8 Å². The van der Waals surface area contributed by atoms with Crippen LogP contribution in [0.2, 0.25) is 0 Å². The van der Waals surface area contributed by atoms with Crippen molar-refractivity contribution in [2.75, 3.05) is 45.9 Å². The summed E-state index contributed by atoms with van der Waals surface area (Å²) in [6, 6.07) is 1.63. The first-order valence-corrected chi connectivity index (χ1v) is 10.4. The number of pyridine rings is 1. The van der Waals surface area contributed by atoms with Crippen molar-refractivity contribution in [2.24, 2.45) is 0 Å². The van der Waals surface area contributed by atoms with Gasteiger partial charge < -0.3 is 24.0 Å². The van der Waals surface area contributed by atoms with Crippen LogP contribution in [0.4, 0.5) is 20.7 Å². The standard InChI is InChI=1S/C21H28FN5O4/c1-13-16(22)11-18(20(23-13)29-3)25(2)19-15-12-26(21(28)30-4)8-5-17(15)27(24-19)14-6-9-31-10-7-14/h11,14H,5-10,12H2,1-4H3. The van der Waals surface area contributed by atoms with Crippen LogP contribution in [0.5, 0.6) is 5.88 Å². The van der Waals surface area contributed by atoms with Crippen LogP contribution in [-0.2, 0) is 22.4 Å². The molecular weight excluding hydrogens is 405 g/mol. The van der Waals surface area contributed by atoms with Crippen LogP contribution in [-0.4, -0.2) is 66.8 Å². The molecule has 0 bridgehead atoms. The van der Waals surface area contributed by atoms with E-state index in [1.165, 1.54) is 20.3 Å². The minimum absolute atomic E-state index is 0.226. The van der Waals surface area contributed by atoms with Gasteiger partial charge >= 0.3 is 6.09 Å². The maximum Gasteiger partial charge on any atom is 0.409 e. The first kappa shape index (κ1) is 21.4. The van der Waals surface area contributed by atoms with Crippen molar-refractivity contribution in [1.82, 2.24) is 19.7 Å². The van der Waals surface area contributed by atoms with Crippen LogP contribution in [0.3, 0.4) is 0 Å². The molecule has 2 aliphatic rings. The molecule has 0 aliphatic carbocycles. The molecule has 0 spiro atoms. The third-order valence-corrected chi connectivity index (χ3v) is 6.00. The Morgan fingerprint density at radius 2 is 2.06 bits per heavy atom. The second-order valence-corrected chi connectivity index (χ2v) is 7.82. The molecule has 2 aliphatic heterocycles. The van der Waals surface area contributed by atoms with Gasteiger partial charge in [-0.25, -0.2) is 14.2 Å². The number of methoxy groups -OCH3 is 2. The monoisotopic (exact) mass is 433 g/mol. The molecule has 0 radical (unpaired) electrons. The fourth-order valence-corrected chi connectivity index (χ4v) is 4.27. The number of halogens is 1. The molecule has 10 heteroatoms. The van der Waals surface area contributed by atoms with Gasteiger partial charge in [0, 0.05) is 50.6 Å². The zero-order chi connectivity index (χ0) is 22.1. The van der Waals surface area contributed by atoms with Gasteiger partial charge in [-0.15, -0.1) is 0 Å². The summed E-state index contributed by atoms with van der Waals surface area (Å²) in [7, 11) is 4.69. The second-order valence-electron chi connectivity index (χ2n) is 7.82. The number of carbonyl (C=O) groups is 1. The highest BCUT2D eigenvalue weighted by Crippen LogP contribution is 2.38. The third-order valence-electron chi connectivity index (χ3n) is 6.00. The molecule has 1 amide bonds. The van der Waals surface area contributed by atoms with E-state index in [9.17, 15) is 9.18 Å². The molecule has 168 valence electrons. The highest BCUT2D eigenvalue weighted by Gasteiger charge is 2.33. The van der Waals surface area contributed by atoms with Crippen molar-refractivity contribution in [2.45, 2.75) is 38.8 Å². The molecule has 9 nitrogen and oxygen atoms in total. The highest BCUT2D eigenvalue weighted by atomic mass is 19.1. The van der Waals surface area contributed by atoms with Crippen LogP contribution in [0.25, 0.3) is 0 Å². The van der Waals surface area contributed by atoms with Crippen LogP contribution < -0.4 is 9.64 Å². The van der Waals surface area contributed by atoms with Gasteiger partial charge in [0.15, 0.2) is 5.82 Å². The average Bonchev–Trinajstić information content (AvgIpc) is 3.19. The van der Waals surface area contributed by atoms with Crippen molar-refractivity contribution < 1.29 is 23.4 Å². The molecule has 0 saturated carbocycles. The van der Waals surface area contributed by atoms with E-state index in [2.05, 4.69) is 9.67 Å². The fraction of sp³-hybridized carbons (Fsp3) is 0.571. The van der Waals surface area contributed by atoms with E-state index in [1.54, 1.807) is 16.7 Å². The summed E-state index contributed by atoms with van der Waals surface area (Å²) in [5.41, 5.74) is 2.75. The van der Waals surface area contributed by atoms with Crippen molar-refractivity contribution in [3.05, 3.63) is 28.8 Å². The molecule has 1 saturated heterocycles. The van der Waals surface area contributed by atoms with Crippen molar-refractivity contribution >= 4 is 17.6 Å². The number of aryl methyl sites for hydroxylation is 1. The largest absolute Gasteiger partial charge is 0.480 e. The number of rotatable bonds is 4. The van der Waals surface area contributed by atoms with Crippen LogP contribution in [0.15, 0.2) is 6.07 Å². The van der Waals surface area contributed by atoms with Crippen LogP contribution in [0, 0.1) is 12.7 Å². The van der Waals surface area contributed by atoms with Crippen molar-refractivity contribution in [3.63, 3.8) is 0 Å². The van der Waals surface area contributed by atoms with Crippen LogP contribution >= 0.6 is 0 Å². The summed E-state index contributed by atoms with van der Waals surface area (Å²) in [4.78, 5) is 19.8. The quantitative estimate of drug-likeness (QED) is 0.733. The molecule has 2 aromatic rings. The maximum atomic E-state index is 14.4. The summed E-state index contributed by atoms with van der Waals surface area (Å²) >= 11 is 0. The number of hydrogen-bond donors (Lipinski definition) is 0. The molecule has 0 atom stereocenters. The molecule has 2 aromatic heterocycles. The van der Waals surface area contributed by atoms with Gasteiger partial charge in [-0.1, -0.05) is 0 Å². The van der Waals surface area contributed by atoms with Gasteiger partial charge in [0.1, 0.15) is 11.5 Å². The van der Waals surface area contributed by atoms with Gasteiger partial charge in [-0.2, -0.15) is 5.10 Å². The highest BCUT2D eigenvalue weighted by molar-refractivity contribution is 5.71. The Balaban J connectivity index is 1.79. The SMILES string of the molecule is COC(=O)N1CCc2c(c(N(C)c3cc(F)c(C)nc3OC)nn2C2CCOCC2)C1. The third kappa shape index (κ3) is 3.91. The average molecular weight is 433 g/mol. The van der Waals surface area contributed by atoms with E-state index in [4.69, 9.17) is 19.3 Å². The summed E-state index contributed by atoms with van der Waals surface area (Å²) in [6.45, 7) is 3.91. The number of anilines is 2. The summed E-state index contributed by atoms with van der Waals surface area (Å²) in [5.74, 6) is 0.548. The zero-order valence-electron chi connectivity index (χ0n) is 18.4. The minimum Gasteiger partial charge on any atom is -0.480 e. The predicted octanol–water partition coefficient (Wildman–Crippen LogP) is 2.98. The fourth-order valence-electron chi connectivity index (χ4n) is 4.27. The number of hydrogen-bond acceptors (Lipinski definition) is 7. The van der Waals surface area contributed by atoms with E-state index in [0.29, 0.717) is 50.1 Å². The molecule has 31 heavy (non-hydrogen) atoms. The van der Waals surface area contributed by atoms with Gasteiger partial charge in [0.25, 0.3) is 0 Å². The summed E-state index contributed by atoms with van der Waals surface area (Å²) < 4.78 is 32.3. The molecule has 0 unspecified atom stereocenters. The smallest absolute Gasteiger partial charge is 0.409 e. The lowest BCUT2D eigenvalue weighted by Crippen LogP contribution is -2.37. The normalized spacial score (nSPS) is 16.7. The first-order valence-electron chi connectivity index (χ1n) is 10.4. The Morgan fingerprint density at radius 1 is 1.32 bits per heavy atom. The van der Waals surface area contributed by atoms with E-state index >= 15 is 0 Å². The van der Waals surface area contributed by atoms with Gasteiger partial charge in [-0.3, -0.25) is 4.68 Å². The second kappa shape index (κ2) is 8.70. The Hall–Kier alpha value is -2.88. The topological polar surface area (TPSA) is 82.0 Å². The van der Waals surface area contributed by atoms with Crippen molar-refractivity contribution in [3.8, 4) is 5.88 Å². The number of ether oxygens (including phenoxy) is 3. The number of aromatic nitrogens is 3. The van der Waals surface area contributed by atoms with Gasteiger partial charge in [-0.05, 0) is 19.8 Å². The molecule has 0 aromatic carbocycles. The Morgan fingerprint density at radius 3 is 2.74 bits per heavy atom. The molecule has 4 rings (SSSR count). The summed E-state index contributed by atoms with van der Waals surface area (Å²) in [5, 5.41) is 4.94. The van der Waals surface area contributed by atoms with E-state index in [0.717, 1.165) is 24.1 Å². The maximum absolute atomic E-state index is 14.4. The lowest BCUT2D eigenvalue weighted by Gasteiger charge is -2.29. The summed E-state index contributed by atoms with van der Waals surface area (Å²) in [6.07, 6.45) is 2.04. The predicted molar refractivity (Wildman–Crippen MR) is 111 cm³/mol. The Labute approximate surface area is 180 Å². The number of nitrogens with zero attached hydrogens (tertiary/aromatic N) is 5. The lowest BCUT2D eigenvalue weighted by atomic mass is 10.0. The lowest BCUT2D eigenvalue weighted by molar-refractivity contribution is 0.0649. The van der Waals surface area contributed by atoms with E-state index in [1.807, 2.05) is 7.05 Å². The molecule has 4 heterocycles. The number of fused-ring (bicyclic) bond motifs is 1. The van der Waals surface area contributed by atoms with E-state index < -0.39 is 5.82 Å². The van der Waals surface area contributed by atoms with Gasteiger partial charge in [0.2, 0.25) is 5.88 Å². The Bertz CT molecular complexity index is 973. The van der Waals surface area contributed by atoms with E-state index in [-0.39, 0.29) is 17.8 Å². The molecular formula is C21H28FN5O4. The molecule has 0 N–H and O–H groups in total. The Kier molecular flexibility index (Phi) is 5.99. The zero-order valence-corrected chi connectivity index (χ0v) is 18.4. The van der Waals surface area contributed by atoms with Crippen molar-refractivity contribution in [1.29, 1.82) is 0 Å². The number of amides is 1. The minimum atomic E-state index is -0.420. The molecule has 1 fully saturated rings. The van der Waals surface area contributed by atoms with Gasteiger partial charge in [0.05, 0.1) is 32.5 Å². The number of carbonyl (C=O) groups excluding carboxylic acids is 1. The first-order chi connectivity index (χ1) is 14.9.